The molecular weight excluding hydrogens is 340 g/mol. The number of H-pyrrole nitrogens is 1. The molecule has 0 amide bonds. The zero-order valence-corrected chi connectivity index (χ0v) is 14.8. The molecule has 0 aliphatic heterocycles. The molecule has 2 N–H and O–H groups in total. The molecule has 8 heteroatoms. The molecule has 1 aromatic carbocycles. The highest BCUT2D eigenvalue weighted by atomic mass is 15.4. The van der Waals surface area contributed by atoms with E-state index in [1.54, 1.807) is 10.9 Å². The van der Waals surface area contributed by atoms with E-state index in [1.807, 2.05) is 25.5 Å². The molecule has 4 aromatic rings. The molecule has 1 unspecified atom stereocenters. The van der Waals surface area contributed by atoms with Gasteiger partial charge in [0.25, 0.3) is 0 Å². The van der Waals surface area contributed by atoms with Gasteiger partial charge in [0, 0.05) is 25.4 Å². The van der Waals surface area contributed by atoms with Gasteiger partial charge in [-0.2, -0.15) is 9.97 Å². The van der Waals surface area contributed by atoms with Crippen LogP contribution in [0.5, 0.6) is 0 Å². The first-order valence-electron chi connectivity index (χ1n) is 8.87. The average Bonchev–Trinajstić information content (AvgIpc) is 3.40. The van der Waals surface area contributed by atoms with Gasteiger partial charge in [0.2, 0.25) is 5.95 Å². The minimum absolute atomic E-state index is 0.321. The van der Waals surface area contributed by atoms with Crippen LogP contribution in [0.3, 0.4) is 0 Å². The second-order valence-electron chi connectivity index (χ2n) is 6.64. The normalized spacial score (nSPS) is 16.3. The molecule has 3 aromatic heterocycles. The maximum absolute atomic E-state index is 4.72. The predicted molar refractivity (Wildman–Crippen MR) is 104 cm³/mol. The van der Waals surface area contributed by atoms with Gasteiger partial charge in [0.05, 0.1) is 11.6 Å². The van der Waals surface area contributed by atoms with Crippen LogP contribution in [0.2, 0.25) is 0 Å². The molecule has 1 aliphatic carbocycles. The molecule has 0 saturated heterocycles. The van der Waals surface area contributed by atoms with Crippen LogP contribution in [0.15, 0.2) is 47.7 Å². The summed E-state index contributed by atoms with van der Waals surface area (Å²) in [5.41, 5.74) is 3.50. The van der Waals surface area contributed by atoms with Gasteiger partial charge in [-0.05, 0) is 30.0 Å². The van der Waals surface area contributed by atoms with Crippen molar-refractivity contribution in [1.82, 2.24) is 29.9 Å². The first kappa shape index (κ1) is 15.7. The molecule has 27 heavy (non-hydrogen) atoms. The maximum atomic E-state index is 4.72. The van der Waals surface area contributed by atoms with Crippen LogP contribution in [0, 0.1) is 0 Å². The van der Waals surface area contributed by atoms with Crippen LogP contribution in [-0.2, 0) is 13.5 Å². The molecular formula is C19H18N8. The molecule has 8 nitrogen and oxygen atoms in total. The molecule has 0 spiro atoms. The van der Waals surface area contributed by atoms with Crippen molar-refractivity contribution in [2.24, 2.45) is 12.0 Å². The molecule has 0 saturated carbocycles. The summed E-state index contributed by atoms with van der Waals surface area (Å²) < 4.78 is 1.62. The van der Waals surface area contributed by atoms with Crippen molar-refractivity contribution >= 4 is 34.8 Å². The molecule has 0 radical (unpaired) electrons. The van der Waals surface area contributed by atoms with Gasteiger partial charge in [0.1, 0.15) is 5.65 Å². The Labute approximate surface area is 155 Å². The van der Waals surface area contributed by atoms with Gasteiger partial charge in [-0.15, -0.1) is 5.10 Å². The SMILES string of the molecule is Cn1cc(Nc2nc(/N=C\C3CCc4ccccc43)c3cc[nH]c3n2)nn1. The number of nitrogens with one attached hydrogen (secondary N) is 2. The Morgan fingerprint density at radius 1 is 1.26 bits per heavy atom. The zero-order valence-electron chi connectivity index (χ0n) is 14.8. The molecule has 1 aliphatic rings. The average molecular weight is 358 g/mol. The Kier molecular flexibility index (Phi) is 3.67. The van der Waals surface area contributed by atoms with Gasteiger partial charge in [-0.3, -0.25) is 4.68 Å². The number of hydrogen-bond donors (Lipinski definition) is 2. The third-order valence-corrected chi connectivity index (χ3v) is 4.79. The third-order valence-electron chi connectivity index (χ3n) is 4.79. The minimum Gasteiger partial charge on any atom is -0.346 e. The van der Waals surface area contributed by atoms with E-state index in [-0.39, 0.29) is 0 Å². The van der Waals surface area contributed by atoms with Gasteiger partial charge < -0.3 is 10.3 Å². The van der Waals surface area contributed by atoms with Crippen LogP contribution >= 0.6 is 0 Å². The number of fused-ring (bicyclic) bond motifs is 2. The maximum Gasteiger partial charge on any atom is 0.232 e. The van der Waals surface area contributed by atoms with Gasteiger partial charge >= 0.3 is 0 Å². The van der Waals surface area contributed by atoms with Gasteiger partial charge in [-0.25, -0.2) is 4.99 Å². The standard InChI is InChI=1S/C19H18N8/c1-27-11-16(25-26-27)22-19-23-17-15(8-9-20-17)18(24-19)21-10-13-7-6-12-4-2-3-5-14(12)13/h2-5,8-11,13H,6-7H2,1H3,(H2,20,22,23,24)/b21-10-. The summed E-state index contributed by atoms with van der Waals surface area (Å²) in [6.45, 7) is 0. The third kappa shape index (κ3) is 2.95. The second-order valence-corrected chi connectivity index (χ2v) is 6.64. The van der Waals surface area contributed by atoms with E-state index in [0.717, 1.165) is 23.9 Å². The molecule has 0 fully saturated rings. The molecule has 3 heterocycles. The molecule has 0 bridgehead atoms. The van der Waals surface area contributed by atoms with Crippen molar-refractivity contribution in [3.8, 4) is 0 Å². The fourth-order valence-corrected chi connectivity index (χ4v) is 3.50. The summed E-state index contributed by atoms with van der Waals surface area (Å²) in [5, 5.41) is 11.9. The molecule has 134 valence electrons. The Bertz CT molecular complexity index is 1140. The number of aromatic nitrogens is 6. The Balaban J connectivity index is 1.48. The predicted octanol–water partition coefficient (Wildman–Crippen LogP) is 3.26. The summed E-state index contributed by atoms with van der Waals surface area (Å²) in [4.78, 5) is 16.9. The highest BCUT2D eigenvalue weighted by Crippen LogP contribution is 2.32. The van der Waals surface area contributed by atoms with E-state index in [0.29, 0.717) is 23.5 Å². The highest BCUT2D eigenvalue weighted by Gasteiger charge is 2.20. The van der Waals surface area contributed by atoms with Gasteiger partial charge in [0.15, 0.2) is 11.6 Å². The van der Waals surface area contributed by atoms with E-state index in [2.05, 4.69) is 54.8 Å². The lowest BCUT2D eigenvalue weighted by Crippen LogP contribution is -1.99. The molecule has 1 atom stereocenters. The van der Waals surface area contributed by atoms with Crippen LogP contribution in [0.25, 0.3) is 11.0 Å². The first-order valence-corrected chi connectivity index (χ1v) is 8.87. The quantitative estimate of drug-likeness (QED) is 0.546. The van der Waals surface area contributed by atoms with Crippen molar-refractivity contribution in [3.05, 3.63) is 53.9 Å². The summed E-state index contributed by atoms with van der Waals surface area (Å²) in [7, 11) is 1.81. The topological polar surface area (TPSA) is 96.7 Å². The van der Waals surface area contributed by atoms with E-state index < -0.39 is 0 Å². The van der Waals surface area contributed by atoms with Crippen molar-refractivity contribution < 1.29 is 0 Å². The summed E-state index contributed by atoms with van der Waals surface area (Å²) in [6, 6.07) is 10.5. The van der Waals surface area contributed by atoms with Crippen molar-refractivity contribution in [2.45, 2.75) is 18.8 Å². The van der Waals surface area contributed by atoms with Gasteiger partial charge in [-0.1, -0.05) is 29.5 Å². The van der Waals surface area contributed by atoms with Crippen molar-refractivity contribution in [2.75, 3.05) is 5.32 Å². The number of aliphatic imine (C=N–C) groups is 1. The lowest BCUT2D eigenvalue weighted by Gasteiger charge is -2.06. The number of anilines is 2. The number of rotatable bonds is 4. The number of nitrogens with zero attached hydrogens (tertiary/aromatic N) is 6. The zero-order chi connectivity index (χ0) is 18.2. The minimum atomic E-state index is 0.321. The van der Waals surface area contributed by atoms with Crippen LogP contribution < -0.4 is 5.32 Å². The first-order chi connectivity index (χ1) is 13.3. The fraction of sp³-hybridized carbons (Fsp3) is 0.211. The summed E-state index contributed by atoms with van der Waals surface area (Å²) in [5.74, 6) is 1.98. The number of benzene rings is 1. The lowest BCUT2D eigenvalue weighted by molar-refractivity contribution is 0.715. The van der Waals surface area contributed by atoms with Crippen LogP contribution in [0.4, 0.5) is 17.6 Å². The second kappa shape index (κ2) is 6.31. The van der Waals surface area contributed by atoms with Crippen molar-refractivity contribution in [1.29, 1.82) is 0 Å². The number of aromatic amines is 1. The number of aryl methyl sites for hydroxylation is 2. The Morgan fingerprint density at radius 2 is 2.19 bits per heavy atom. The Hall–Kier alpha value is -3.55. The molecule has 5 rings (SSSR count). The van der Waals surface area contributed by atoms with E-state index in [4.69, 9.17) is 4.99 Å². The lowest BCUT2D eigenvalue weighted by atomic mass is 10.0. The Morgan fingerprint density at radius 3 is 3.07 bits per heavy atom. The summed E-state index contributed by atoms with van der Waals surface area (Å²) in [6.07, 6.45) is 7.79. The highest BCUT2D eigenvalue weighted by molar-refractivity contribution is 5.89. The van der Waals surface area contributed by atoms with E-state index >= 15 is 0 Å². The van der Waals surface area contributed by atoms with Crippen molar-refractivity contribution in [3.63, 3.8) is 0 Å². The van der Waals surface area contributed by atoms with E-state index in [1.165, 1.54) is 11.1 Å². The summed E-state index contributed by atoms with van der Waals surface area (Å²) >= 11 is 0. The number of hydrogen-bond acceptors (Lipinski definition) is 6. The fourth-order valence-electron chi connectivity index (χ4n) is 3.50. The van der Waals surface area contributed by atoms with Crippen LogP contribution in [0.1, 0.15) is 23.5 Å². The van der Waals surface area contributed by atoms with E-state index in [9.17, 15) is 0 Å². The monoisotopic (exact) mass is 358 g/mol. The largest absolute Gasteiger partial charge is 0.346 e. The smallest absolute Gasteiger partial charge is 0.232 e. The van der Waals surface area contributed by atoms with Crippen LogP contribution in [-0.4, -0.2) is 36.2 Å².